The predicted octanol–water partition coefficient (Wildman–Crippen LogP) is 1.05. The van der Waals surface area contributed by atoms with Crippen LogP contribution in [0, 0.1) is 10.1 Å². The van der Waals surface area contributed by atoms with E-state index in [1.807, 2.05) is 0 Å². The Hall–Kier alpha value is -2.57. The smallest absolute Gasteiger partial charge is 0.274 e. The van der Waals surface area contributed by atoms with Gasteiger partial charge in [-0.15, -0.1) is 5.10 Å². The number of carbonyl (C=O) groups is 1. The number of nitro benzene ring substituents is 1. The van der Waals surface area contributed by atoms with Crippen LogP contribution >= 0.6 is 0 Å². The average molecular weight is 232 g/mol. The van der Waals surface area contributed by atoms with Crippen LogP contribution in [-0.2, 0) is 6.54 Å². The van der Waals surface area contributed by atoms with Crippen LogP contribution < -0.4 is 0 Å². The summed E-state index contributed by atoms with van der Waals surface area (Å²) in [4.78, 5) is 20.7. The van der Waals surface area contributed by atoms with Gasteiger partial charge in [-0.2, -0.15) is 0 Å². The molecule has 86 valence electrons. The van der Waals surface area contributed by atoms with Gasteiger partial charge in [0.1, 0.15) is 5.69 Å². The van der Waals surface area contributed by atoms with Gasteiger partial charge in [0, 0.05) is 6.07 Å². The van der Waals surface area contributed by atoms with Gasteiger partial charge in [-0.05, 0) is 0 Å². The van der Waals surface area contributed by atoms with Gasteiger partial charge in [-0.25, -0.2) is 4.68 Å². The van der Waals surface area contributed by atoms with Crippen LogP contribution in [0.2, 0.25) is 0 Å². The first-order valence-corrected chi connectivity index (χ1v) is 4.78. The lowest BCUT2D eigenvalue weighted by atomic mass is 10.2. The zero-order valence-electron chi connectivity index (χ0n) is 8.68. The van der Waals surface area contributed by atoms with Gasteiger partial charge in [-0.3, -0.25) is 14.9 Å². The minimum absolute atomic E-state index is 0.0238. The predicted molar refractivity (Wildman–Crippen MR) is 57.6 cm³/mol. The van der Waals surface area contributed by atoms with Crippen molar-refractivity contribution in [2.24, 2.45) is 0 Å². The molecule has 0 amide bonds. The Morgan fingerprint density at radius 1 is 1.41 bits per heavy atom. The van der Waals surface area contributed by atoms with E-state index in [1.165, 1.54) is 16.9 Å². The number of aromatic nitrogens is 3. The molecule has 0 unspecified atom stereocenters. The number of para-hydroxylation sites is 1. The number of aldehydes is 1. The summed E-state index contributed by atoms with van der Waals surface area (Å²) in [7, 11) is 0. The van der Waals surface area contributed by atoms with Crippen LogP contribution in [0.1, 0.15) is 16.1 Å². The molecule has 0 saturated heterocycles. The van der Waals surface area contributed by atoms with Crippen LogP contribution in [0.25, 0.3) is 0 Å². The van der Waals surface area contributed by atoms with Crippen LogP contribution in [-0.4, -0.2) is 26.2 Å². The molecule has 0 radical (unpaired) electrons. The Kier molecular flexibility index (Phi) is 2.91. The van der Waals surface area contributed by atoms with Gasteiger partial charge in [0.2, 0.25) is 0 Å². The third kappa shape index (κ3) is 2.33. The van der Waals surface area contributed by atoms with Crippen molar-refractivity contribution in [3.05, 3.63) is 51.8 Å². The molecule has 17 heavy (non-hydrogen) atoms. The summed E-state index contributed by atoms with van der Waals surface area (Å²) in [5.74, 6) is 0. The third-order valence-corrected chi connectivity index (χ3v) is 2.20. The van der Waals surface area contributed by atoms with Crippen molar-refractivity contribution < 1.29 is 9.72 Å². The van der Waals surface area contributed by atoms with Crippen molar-refractivity contribution >= 4 is 12.0 Å². The molecule has 0 aliphatic carbocycles. The molecule has 0 atom stereocenters. The molecule has 1 aromatic heterocycles. The number of hydrogen-bond acceptors (Lipinski definition) is 5. The highest BCUT2D eigenvalue weighted by molar-refractivity contribution is 5.70. The molecular weight excluding hydrogens is 224 g/mol. The van der Waals surface area contributed by atoms with Crippen LogP contribution in [0.3, 0.4) is 0 Å². The van der Waals surface area contributed by atoms with Crippen LogP contribution in [0.5, 0.6) is 0 Å². The number of nitro groups is 1. The van der Waals surface area contributed by atoms with Gasteiger partial charge in [0.15, 0.2) is 6.29 Å². The molecule has 0 N–H and O–H groups in total. The highest BCUT2D eigenvalue weighted by Gasteiger charge is 2.13. The molecule has 0 spiro atoms. The molecular formula is C10H8N4O3. The molecule has 2 aromatic rings. The second-order valence-corrected chi connectivity index (χ2v) is 3.34. The average Bonchev–Trinajstić information content (AvgIpc) is 2.77. The first kappa shape index (κ1) is 10.9. The number of rotatable bonds is 4. The van der Waals surface area contributed by atoms with E-state index in [4.69, 9.17) is 0 Å². The van der Waals surface area contributed by atoms with E-state index in [2.05, 4.69) is 10.3 Å². The van der Waals surface area contributed by atoms with E-state index in [0.29, 0.717) is 11.8 Å². The minimum atomic E-state index is -0.451. The van der Waals surface area contributed by atoms with Crippen LogP contribution in [0.4, 0.5) is 5.69 Å². The van der Waals surface area contributed by atoms with Crippen LogP contribution in [0.15, 0.2) is 30.5 Å². The monoisotopic (exact) mass is 232 g/mol. The van der Waals surface area contributed by atoms with E-state index in [9.17, 15) is 14.9 Å². The van der Waals surface area contributed by atoms with Crippen molar-refractivity contribution in [1.29, 1.82) is 0 Å². The fraction of sp³-hybridized carbons (Fsp3) is 0.100. The molecule has 2 rings (SSSR count). The zero-order valence-corrected chi connectivity index (χ0v) is 8.68. The Morgan fingerprint density at radius 3 is 2.82 bits per heavy atom. The maximum atomic E-state index is 10.8. The molecule has 0 bridgehead atoms. The third-order valence-electron chi connectivity index (χ3n) is 2.20. The first-order chi connectivity index (χ1) is 8.20. The van der Waals surface area contributed by atoms with Gasteiger partial charge in [0.05, 0.1) is 23.2 Å². The lowest BCUT2D eigenvalue weighted by Crippen LogP contribution is -2.03. The first-order valence-electron chi connectivity index (χ1n) is 4.78. The fourth-order valence-corrected chi connectivity index (χ4v) is 1.44. The van der Waals surface area contributed by atoms with Crippen molar-refractivity contribution in [3.8, 4) is 0 Å². The van der Waals surface area contributed by atoms with Gasteiger partial charge in [0.25, 0.3) is 5.69 Å². The Morgan fingerprint density at radius 2 is 2.18 bits per heavy atom. The molecule has 1 aromatic carbocycles. The number of nitrogens with zero attached hydrogens (tertiary/aromatic N) is 4. The topological polar surface area (TPSA) is 90.9 Å². The molecule has 0 fully saturated rings. The maximum Gasteiger partial charge on any atom is 0.274 e. The standard InChI is InChI=1S/C10H8N4O3/c15-7-9-6-13(12-11-9)5-8-3-1-2-4-10(8)14(16)17/h1-4,6-7H,5H2. The Balaban J connectivity index is 2.29. The minimum Gasteiger partial charge on any atom is -0.296 e. The normalized spacial score (nSPS) is 10.1. The van der Waals surface area contributed by atoms with E-state index in [1.54, 1.807) is 18.2 Å². The van der Waals surface area contributed by atoms with Crippen molar-refractivity contribution in [3.63, 3.8) is 0 Å². The van der Waals surface area contributed by atoms with Gasteiger partial charge < -0.3 is 0 Å². The van der Waals surface area contributed by atoms with Gasteiger partial charge >= 0.3 is 0 Å². The quantitative estimate of drug-likeness (QED) is 0.446. The van der Waals surface area contributed by atoms with Crippen molar-refractivity contribution in [2.75, 3.05) is 0 Å². The summed E-state index contributed by atoms with van der Waals surface area (Å²) in [5.41, 5.74) is 0.735. The number of benzene rings is 1. The zero-order chi connectivity index (χ0) is 12.3. The summed E-state index contributed by atoms with van der Waals surface area (Å²) < 4.78 is 1.38. The summed E-state index contributed by atoms with van der Waals surface area (Å²) >= 11 is 0. The summed E-state index contributed by atoms with van der Waals surface area (Å²) in [6.45, 7) is 0.206. The molecule has 7 nitrogen and oxygen atoms in total. The summed E-state index contributed by atoms with van der Waals surface area (Å²) in [5, 5.41) is 18.1. The second kappa shape index (κ2) is 4.52. The van der Waals surface area contributed by atoms with Crippen molar-refractivity contribution in [1.82, 2.24) is 15.0 Å². The fourth-order valence-electron chi connectivity index (χ4n) is 1.44. The van der Waals surface area contributed by atoms with E-state index in [0.717, 1.165) is 0 Å². The highest BCUT2D eigenvalue weighted by atomic mass is 16.6. The molecule has 1 heterocycles. The SMILES string of the molecule is O=Cc1cn(Cc2ccccc2[N+](=O)[O-])nn1. The Labute approximate surface area is 95.8 Å². The molecule has 0 aliphatic rings. The van der Waals surface area contributed by atoms with E-state index in [-0.39, 0.29) is 17.9 Å². The Bertz CT molecular complexity index is 564. The van der Waals surface area contributed by atoms with Crippen molar-refractivity contribution in [2.45, 2.75) is 6.54 Å². The van der Waals surface area contributed by atoms with Gasteiger partial charge in [-0.1, -0.05) is 23.4 Å². The second-order valence-electron chi connectivity index (χ2n) is 3.34. The lowest BCUT2D eigenvalue weighted by Gasteiger charge is -2.01. The molecule has 0 aliphatic heterocycles. The molecule has 0 saturated carbocycles. The maximum absolute atomic E-state index is 10.8. The van der Waals surface area contributed by atoms with E-state index >= 15 is 0 Å². The number of carbonyl (C=O) groups excluding carboxylic acids is 1. The number of hydrogen-bond donors (Lipinski definition) is 0. The largest absolute Gasteiger partial charge is 0.296 e. The lowest BCUT2D eigenvalue weighted by molar-refractivity contribution is -0.385. The summed E-state index contributed by atoms with van der Waals surface area (Å²) in [6.07, 6.45) is 2.01. The summed E-state index contributed by atoms with van der Waals surface area (Å²) in [6, 6.07) is 6.37. The van der Waals surface area contributed by atoms with E-state index < -0.39 is 4.92 Å². The molecule has 7 heteroatoms. The highest BCUT2D eigenvalue weighted by Crippen LogP contribution is 2.18.